The van der Waals surface area contributed by atoms with Crippen LogP contribution in [0.5, 0.6) is 0 Å². The van der Waals surface area contributed by atoms with Crippen LogP contribution in [-0.4, -0.2) is 25.9 Å². The van der Waals surface area contributed by atoms with Gasteiger partial charge in [-0.25, -0.2) is 0 Å². The van der Waals surface area contributed by atoms with Gasteiger partial charge in [-0.1, -0.05) is 72.8 Å². The highest BCUT2D eigenvalue weighted by Gasteiger charge is 2.23. The Labute approximate surface area is 242 Å². The van der Waals surface area contributed by atoms with Gasteiger partial charge in [-0.3, -0.25) is 9.11 Å². The van der Waals surface area contributed by atoms with E-state index in [0.717, 1.165) is 11.4 Å². The minimum absolute atomic E-state index is 0.260. The molecule has 0 bridgehead atoms. The number of nitrogens with one attached hydrogen (secondary N) is 2. The number of rotatable bonds is 7. The lowest BCUT2D eigenvalue weighted by Crippen LogP contribution is -2.03. The molecule has 0 heterocycles. The minimum Gasteiger partial charge on any atom is -0.355 e. The summed E-state index contributed by atoms with van der Waals surface area (Å²) in [5, 5.41) is 8.37. The van der Waals surface area contributed by atoms with Crippen molar-refractivity contribution in [2.75, 3.05) is 10.6 Å². The molecular weight excluding hydrogens is 572 g/mol. The summed E-state index contributed by atoms with van der Waals surface area (Å²) in [6.07, 6.45) is 0. The maximum absolute atomic E-state index is 12.4. The number of hydrogen-bond acceptors (Lipinski definition) is 6. The number of hydrogen-bond donors (Lipinski definition) is 4. The maximum atomic E-state index is 12.4. The van der Waals surface area contributed by atoms with Crippen LogP contribution in [0.25, 0.3) is 32.7 Å². The Morgan fingerprint density at radius 1 is 0.405 bits per heavy atom. The normalized spacial score (nSPS) is 12.0. The SMILES string of the molecule is O=S(=O)(O)c1cccc2c(-c3c(Nc4ccccc4)ccc4c(S(=O)(=O)O)cccc34)c(Nc3ccccc3)ccc12. The lowest BCUT2D eigenvalue weighted by molar-refractivity contribution is 0.482. The van der Waals surface area contributed by atoms with E-state index in [-0.39, 0.29) is 20.6 Å². The first-order valence-corrected chi connectivity index (χ1v) is 15.7. The van der Waals surface area contributed by atoms with Gasteiger partial charge in [0.2, 0.25) is 0 Å². The van der Waals surface area contributed by atoms with Crippen LogP contribution in [0.3, 0.4) is 0 Å². The minimum atomic E-state index is -4.58. The lowest BCUT2D eigenvalue weighted by Gasteiger charge is -2.22. The van der Waals surface area contributed by atoms with Crippen LogP contribution in [0.1, 0.15) is 0 Å². The van der Waals surface area contributed by atoms with Gasteiger partial charge < -0.3 is 10.6 Å². The summed E-state index contributed by atoms with van der Waals surface area (Å²) >= 11 is 0. The quantitative estimate of drug-likeness (QED) is 0.138. The van der Waals surface area contributed by atoms with E-state index in [1.165, 1.54) is 12.1 Å². The second-order valence-electron chi connectivity index (χ2n) is 9.61. The standard InChI is InChI=1S/C32H24N2O6S2/c35-41(36,37)29-15-7-13-25-23(29)17-19-27(33-21-9-3-1-4-10-21)31(25)32-26-14-8-16-30(42(38,39)40)24(26)18-20-28(32)34-22-11-5-2-6-12-22/h1-20,33-34H,(H,35,36,37)(H,38,39,40). The van der Waals surface area contributed by atoms with Gasteiger partial charge in [0.05, 0.1) is 0 Å². The van der Waals surface area contributed by atoms with Crippen molar-refractivity contribution >= 4 is 64.5 Å². The van der Waals surface area contributed by atoms with E-state index in [9.17, 15) is 25.9 Å². The molecule has 6 rings (SSSR count). The second-order valence-corrected chi connectivity index (χ2v) is 12.4. The average molecular weight is 597 g/mol. The molecule has 4 N–H and O–H groups in total. The molecule has 6 aromatic rings. The van der Waals surface area contributed by atoms with Crippen molar-refractivity contribution in [1.29, 1.82) is 0 Å². The monoisotopic (exact) mass is 596 g/mol. The highest BCUT2D eigenvalue weighted by molar-refractivity contribution is 7.86. The van der Waals surface area contributed by atoms with Gasteiger partial charge in [0, 0.05) is 44.6 Å². The predicted octanol–water partition coefficient (Wildman–Crippen LogP) is 7.64. The van der Waals surface area contributed by atoms with Crippen molar-refractivity contribution < 1.29 is 25.9 Å². The van der Waals surface area contributed by atoms with Gasteiger partial charge in [0.1, 0.15) is 9.79 Å². The van der Waals surface area contributed by atoms with Crippen molar-refractivity contribution in [3.63, 3.8) is 0 Å². The van der Waals surface area contributed by atoms with Crippen LogP contribution in [0.2, 0.25) is 0 Å². The number of fused-ring (bicyclic) bond motifs is 2. The summed E-state index contributed by atoms with van der Waals surface area (Å²) in [6, 6.07) is 34.7. The molecule has 0 saturated heterocycles. The van der Waals surface area contributed by atoms with Gasteiger partial charge in [-0.05, 0) is 59.3 Å². The van der Waals surface area contributed by atoms with Crippen LogP contribution in [0.15, 0.2) is 131 Å². The van der Waals surface area contributed by atoms with Gasteiger partial charge in [0.25, 0.3) is 20.2 Å². The predicted molar refractivity (Wildman–Crippen MR) is 166 cm³/mol. The summed E-state index contributed by atoms with van der Waals surface area (Å²) in [6.45, 7) is 0. The van der Waals surface area contributed by atoms with Gasteiger partial charge >= 0.3 is 0 Å². The summed E-state index contributed by atoms with van der Waals surface area (Å²) in [5.74, 6) is 0. The van der Waals surface area contributed by atoms with Crippen molar-refractivity contribution in [1.82, 2.24) is 0 Å². The van der Waals surface area contributed by atoms with Crippen LogP contribution >= 0.6 is 0 Å². The Morgan fingerprint density at radius 3 is 1.14 bits per heavy atom. The fraction of sp³-hybridized carbons (Fsp3) is 0. The van der Waals surface area contributed by atoms with E-state index in [1.807, 2.05) is 60.7 Å². The van der Waals surface area contributed by atoms with Crippen LogP contribution in [-0.2, 0) is 20.2 Å². The van der Waals surface area contributed by atoms with Crippen LogP contribution in [0.4, 0.5) is 22.7 Å². The first-order valence-electron chi connectivity index (χ1n) is 12.8. The van der Waals surface area contributed by atoms with Crippen molar-refractivity contribution in [2.45, 2.75) is 9.79 Å². The Hall–Kier alpha value is -4.74. The first-order chi connectivity index (χ1) is 20.1. The first kappa shape index (κ1) is 27.4. The molecule has 0 aliphatic carbocycles. The molecule has 0 radical (unpaired) electrons. The van der Waals surface area contributed by atoms with E-state index in [0.29, 0.717) is 33.3 Å². The molecule has 0 aliphatic heterocycles. The molecule has 0 spiro atoms. The zero-order chi connectivity index (χ0) is 29.5. The molecule has 210 valence electrons. The number of benzene rings is 6. The van der Waals surface area contributed by atoms with Gasteiger partial charge in [0.15, 0.2) is 0 Å². The molecule has 0 saturated carbocycles. The molecule has 0 unspecified atom stereocenters. The Kier molecular flexibility index (Phi) is 6.91. The number of para-hydroxylation sites is 2. The van der Waals surface area contributed by atoms with Crippen molar-refractivity contribution in [2.24, 2.45) is 0 Å². The van der Waals surface area contributed by atoms with Crippen LogP contribution in [0, 0.1) is 0 Å². The molecule has 42 heavy (non-hydrogen) atoms. The topological polar surface area (TPSA) is 133 Å². The zero-order valence-electron chi connectivity index (χ0n) is 21.9. The van der Waals surface area contributed by atoms with Gasteiger partial charge in [-0.2, -0.15) is 16.8 Å². The average Bonchev–Trinajstić information content (AvgIpc) is 2.97. The molecule has 6 aromatic carbocycles. The molecule has 8 nitrogen and oxygen atoms in total. The summed E-state index contributed by atoms with van der Waals surface area (Å²) in [7, 11) is -9.15. The molecular formula is C32H24N2O6S2. The molecule has 0 atom stereocenters. The van der Waals surface area contributed by atoms with E-state index >= 15 is 0 Å². The fourth-order valence-electron chi connectivity index (χ4n) is 5.21. The smallest absolute Gasteiger partial charge is 0.295 e. The largest absolute Gasteiger partial charge is 0.355 e. The van der Waals surface area contributed by atoms with E-state index in [1.54, 1.807) is 48.5 Å². The third kappa shape index (κ3) is 5.19. The van der Waals surface area contributed by atoms with Crippen molar-refractivity contribution in [3.8, 4) is 11.1 Å². The second kappa shape index (κ2) is 10.6. The summed E-state index contributed by atoms with van der Waals surface area (Å²) in [4.78, 5) is -0.520. The third-order valence-electron chi connectivity index (χ3n) is 6.95. The Balaban J connectivity index is 1.77. The third-order valence-corrected chi connectivity index (χ3v) is 8.78. The zero-order valence-corrected chi connectivity index (χ0v) is 23.5. The van der Waals surface area contributed by atoms with E-state index in [4.69, 9.17) is 0 Å². The molecule has 0 fully saturated rings. The van der Waals surface area contributed by atoms with E-state index < -0.39 is 20.2 Å². The van der Waals surface area contributed by atoms with Crippen LogP contribution < -0.4 is 10.6 Å². The molecule has 0 aromatic heterocycles. The summed E-state index contributed by atoms with van der Waals surface area (Å²) in [5.41, 5.74) is 3.83. The fourth-order valence-corrected chi connectivity index (χ4v) is 6.62. The Bertz CT molecular complexity index is 2030. The van der Waals surface area contributed by atoms with E-state index in [2.05, 4.69) is 10.6 Å². The molecule has 10 heteroatoms. The lowest BCUT2D eigenvalue weighted by atomic mass is 9.90. The van der Waals surface area contributed by atoms with Gasteiger partial charge in [-0.15, -0.1) is 0 Å². The van der Waals surface area contributed by atoms with Crippen molar-refractivity contribution in [3.05, 3.63) is 121 Å². The Morgan fingerprint density at radius 2 is 0.786 bits per heavy atom. The maximum Gasteiger partial charge on any atom is 0.295 e. The summed E-state index contributed by atoms with van der Waals surface area (Å²) < 4.78 is 69.6. The highest BCUT2D eigenvalue weighted by atomic mass is 32.2. The molecule has 0 aliphatic rings. The highest BCUT2D eigenvalue weighted by Crippen LogP contribution is 2.46. The number of anilines is 4. The molecule has 0 amide bonds.